The first-order valence-electron chi connectivity index (χ1n) is 7.28. The van der Waals surface area contributed by atoms with Crippen LogP contribution >= 0.6 is 0 Å². The van der Waals surface area contributed by atoms with E-state index < -0.39 is 0 Å². The highest BCUT2D eigenvalue weighted by molar-refractivity contribution is 5.77. The van der Waals surface area contributed by atoms with E-state index in [2.05, 4.69) is 13.8 Å². The van der Waals surface area contributed by atoms with Crippen molar-refractivity contribution in [1.82, 2.24) is 4.90 Å². The smallest absolute Gasteiger partial charge is 0.260 e. The largest absolute Gasteiger partial charge is 0.496 e. The molecule has 0 aliphatic rings. The van der Waals surface area contributed by atoms with Crippen molar-refractivity contribution in [3.8, 4) is 17.2 Å². The number of nitrogens with zero attached hydrogens (tertiary/aromatic N) is 1. The van der Waals surface area contributed by atoms with Crippen LogP contribution in [0.5, 0.6) is 17.2 Å². The van der Waals surface area contributed by atoms with Gasteiger partial charge in [0, 0.05) is 31.3 Å². The molecule has 118 valence electrons. The second-order valence-electron chi connectivity index (χ2n) is 4.72. The molecule has 1 aromatic carbocycles. The number of ether oxygens (including phenoxy) is 3. The van der Waals surface area contributed by atoms with Crippen LogP contribution in [0.2, 0.25) is 0 Å². The van der Waals surface area contributed by atoms with E-state index >= 15 is 0 Å². The molecule has 0 aliphatic carbocycles. The molecule has 0 atom stereocenters. The molecule has 1 rings (SSSR count). The Morgan fingerprint density at radius 1 is 0.952 bits per heavy atom. The molecule has 0 aliphatic heterocycles. The van der Waals surface area contributed by atoms with Crippen molar-refractivity contribution < 1.29 is 19.0 Å². The molecule has 0 saturated heterocycles. The van der Waals surface area contributed by atoms with Crippen molar-refractivity contribution in [1.29, 1.82) is 0 Å². The van der Waals surface area contributed by atoms with Gasteiger partial charge in [0.05, 0.1) is 14.2 Å². The number of hydrogen-bond donors (Lipinski definition) is 0. The Balaban J connectivity index is 2.66. The molecule has 5 nitrogen and oxygen atoms in total. The maximum Gasteiger partial charge on any atom is 0.260 e. The number of carbonyl (C=O) groups excluding carboxylic acids is 1. The highest BCUT2D eigenvalue weighted by Crippen LogP contribution is 2.27. The van der Waals surface area contributed by atoms with E-state index in [1.54, 1.807) is 32.4 Å². The zero-order valence-electron chi connectivity index (χ0n) is 13.3. The average molecular weight is 295 g/mol. The van der Waals surface area contributed by atoms with Crippen LogP contribution in [-0.2, 0) is 4.79 Å². The Hall–Kier alpha value is -1.91. The maximum atomic E-state index is 12.1. The quantitative estimate of drug-likeness (QED) is 0.703. The standard InChI is InChI=1S/C16H25NO4/c1-5-7-17(8-6-2)16(18)12-21-15-10-13(19-3)9-14(11-15)20-4/h9-11H,5-8,12H2,1-4H3. The van der Waals surface area contributed by atoms with E-state index in [4.69, 9.17) is 14.2 Å². The Morgan fingerprint density at radius 2 is 1.43 bits per heavy atom. The molecular formula is C16H25NO4. The SMILES string of the molecule is CCCN(CCC)C(=O)COc1cc(OC)cc(OC)c1. The fourth-order valence-corrected chi connectivity index (χ4v) is 2.00. The monoisotopic (exact) mass is 295 g/mol. The van der Waals surface area contributed by atoms with Crippen molar-refractivity contribution in [3.63, 3.8) is 0 Å². The predicted octanol–water partition coefficient (Wildman–Crippen LogP) is 2.73. The van der Waals surface area contributed by atoms with E-state index in [-0.39, 0.29) is 12.5 Å². The van der Waals surface area contributed by atoms with Crippen LogP contribution in [0.3, 0.4) is 0 Å². The van der Waals surface area contributed by atoms with Gasteiger partial charge in [0.15, 0.2) is 6.61 Å². The summed E-state index contributed by atoms with van der Waals surface area (Å²) in [6, 6.07) is 5.23. The zero-order chi connectivity index (χ0) is 15.7. The molecule has 0 saturated carbocycles. The van der Waals surface area contributed by atoms with E-state index in [1.165, 1.54) is 0 Å². The number of methoxy groups -OCH3 is 2. The molecule has 0 spiro atoms. The summed E-state index contributed by atoms with van der Waals surface area (Å²) in [5.74, 6) is 1.83. The first-order chi connectivity index (χ1) is 10.1. The average Bonchev–Trinajstić information content (AvgIpc) is 2.51. The molecule has 5 heteroatoms. The Morgan fingerprint density at radius 3 is 1.86 bits per heavy atom. The van der Waals surface area contributed by atoms with Gasteiger partial charge in [0.2, 0.25) is 0 Å². The molecule has 0 N–H and O–H groups in total. The highest BCUT2D eigenvalue weighted by Gasteiger charge is 2.13. The first-order valence-corrected chi connectivity index (χ1v) is 7.28. The van der Waals surface area contributed by atoms with Crippen LogP contribution in [0.15, 0.2) is 18.2 Å². The second-order valence-corrected chi connectivity index (χ2v) is 4.72. The van der Waals surface area contributed by atoms with Crippen LogP contribution in [-0.4, -0.2) is 44.7 Å². The molecule has 0 radical (unpaired) electrons. The van der Waals surface area contributed by atoms with Gasteiger partial charge in [0.25, 0.3) is 5.91 Å². The van der Waals surface area contributed by atoms with Crippen LogP contribution in [0, 0.1) is 0 Å². The Kier molecular flexibility index (Phi) is 7.43. The number of hydrogen-bond acceptors (Lipinski definition) is 4. The predicted molar refractivity (Wildman–Crippen MR) is 82.2 cm³/mol. The number of carbonyl (C=O) groups is 1. The molecule has 0 bridgehead atoms. The molecular weight excluding hydrogens is 270 g/mol. The fourth-order valence-electron chi connectivity index (χ4n) is 2.00. The molecule has 21 heavy (non-hydrogen) atoms. The lowest BCUT2D eigenvalue weighted by molar-refractivity contribution is -0.133. The van der Waals surface area contributed by atoms with E-state index in [0.29, 0.717) is 17.2 Å². The van der Waals surface area contributed by atoms with E-state index in [9.17, 15) is 4.79 Å². The third kappa shape index (κ3) is 5.53. The molecule has 1 aromatic rings. The van der Waals surface area contributed by atoms with E-state index in [1.807, 2.05) is 4.90 Å². The Labute approximate surface area is 126 Å². The van der Waals surface area contributed by atoms with Gasteiger partial charge in [-0.05, 0) is 12.8 Å². The molecule has 0 fully saturated rings. The third-order valence-electron chi connectivity index (χ3n) is 3.03. The van der Waals surface area contributed by atoms with Crippen molar-refractivity contribution >= 4 is 5.91 Å². The van der Waals surface area contributed by atoms with Gasteiger partial charge in [-0.2, -0.15) is 0 Å². The minimum Gasteiger partial charge on any atom is -0.496 e. The summed E-state index contributed by atoms with van der Waals surface area (Å²) in [6.45, 7) is 5.67. The van der Waals surface area contributed by atoms with Gasteiger partial charge in [-0.3, -0.25) is 4.79 Å². The van der Waals surface area contributed by atoms with Gasteiger partial charge in [-0.15, -0.1) is 0 Å². The van der Waals surface area contributed by atoms with Crippen LogP contribution in [0.4, 0.5) is 0 Å². The fraction of sp³-hybridized carbons (Fsp3) is 0.562. The van der Waals surface area contributed by atoms with Crippen LogP contribution in [0.25, 0.3) is 0 Å². The molecule has 0 aromatic heterocycles. The minimum atomic E-state index is 0.000451. The normalized spacial score (nSPS) is 10.1. The van der Waals surface area contributed by atoms with Crippen molar-refractivity contribution in [2.45, 2.75) is 26.7 Å². The van der Waals surface area contributed by atoms with Gasteiger partial charge in [-0.25, -0.2) is 0 Å². The second kappa shape index (κ2) is 9.10. The lowest BCUT2D eigenvalue weighted by Crippen LogP contribution is -2.36. The topological polar surface area (TPSA) is 48.0 Å². The van der Waals surface area contributed by atoms with Crippen molar-refractivity contribution in [2.75, 3.05) is 33.9 Å². The zero-order valence-corrected chi connectivity index (χ0v) is 13.3. The third-order valence-corrected chi connectivity index (χ3v) is 3.03. The Bertz CT molecular complexity index is 420. The minimum absolute atomic E-state index is 0.000451. The number of amides is 1. The van der Waals surface area contributed by atoms with Crippen molar-refractivity contribution in [3.05, 3.63) is 18.2 Å². The first kappa shape index (κ1) is 17.1. The molecule has 1 amide bonds. The summed E-state index contributed by atoms with van der Waals surface area (Å²) < 4.78 is 15.9. The van der Waals surface area contributed by atoms with Crippen LogP contribution < -0.4 is 14.2 Å². The van der Waals surface area contributed by atoms with Gasteiger partial charge < -0.3 is 19.1 Å². The lowest BCUT2D eigenvalue weighted by atomic mass is 10.3. The van der Waals surface area contributed by atoms with Crippen molar-refractivity contribution in [2.24, 2.45) is 0 Å². The molecule has 0 unspecified atom stereocenters. The van der Waals surface area contributed by atoms with Gasteiger partial charge >= 0.3 is 0 Å². The summed E-state index contributed by atoms with van der Waals surface area (Å²) in [5.41, 5.74) is 0. The number of rotatable bonds is 9. The maximum absolute atomic E-state index is 12.1. The summed E-state index contributed by atoms with van der Waals surface area (Å²) >= 11 is 0. The number of benzene rings is 1. The summed E-state index contributed by atoms with van der Waals surface area (Å²) in [5, 5.41) is 0. The summed E-state index contributed by atoms with van der Waals surface area (Å²) in [6.07, 6.45) is 1.89. The van der Waals surface area contributed by atoms with Gasteiger partial charge in [0.1, 0.15) is 17.2 Å². The van der Waals surface area contributed by atoms with E-state index in [0.717, 1.165) is 25.9 Å². The summed E-state index contributed by atoms with van der Waals surface area (Å²) in [7, 11) is 3.15. The highest BCUT2D eigenvalue weighted by atomic mass is 16.5. The molecule has 0 heterocycles. The summed E-state index contributed by atoms with van der Waals surface area (Å²) in [4.78, 5) is 14.0. The van der Waals surface area contributed by atoms with Crippen LogP contribution in [0.1, 0.15) is 26.7 Å². The lowest BCUT2D eigenvalue weighted by Gasteiger charge is -2.21. The van der Waals surface area contributed by atoms with Gasteiger partial charge in [-0.1, -0.05) is 13.8 Å².